The fourth-order valence-corrected chi connectivity index (χ4v) is 8.41. The van der Waals surface area contributed by atoms with Crippen molar-refractivity contribution in [3.05, 3.63) is 96.8 Å². The number of rotatable bonds is 45. The molecule has 0 spiro atoms. The summed E-state index contributed by atoms with van der Waals surface area (Å²) in [6.45, 7) is 7.13. The zero-order chi connectivity index (χ0) is 42.9. The first-order valence-electron chi connectivity index (χ1n) is 27.0. The van der Waals surface area contributed by atoms with Crippen LogP contribution in [0.2, 0.25) is 0 Å². The zero-order valence-electron chi connectivity index (χ0n) is 40.8. The molecule has 0 fully saturated rings. The second kappa shape index (κ2) is 47.8. The molecule has 0 atom stereocenters. The van der Waals surface area contributed by atoms with Crippen LogP contribution in [0, 0.1) is 0 Å². The molecule has 60 heavy (non-hydrogen) atoms. The van der Waals surface area contributed by atoms with Crippen LogP contribution in [-0.4, -0.2) is 11.7 Å². The van der Waals surface area contributed by atoms with E-state index >= 15 is 0 Å². The van der Waals surface area contributed by atoms with Gasteiger partial charge in [-0.25, -0.2) is 0 Å². The van der Waals surface area contributed by atoms with Crippen molar-refractivity contribution in [2.24, 2.45) is 0 Å². The quantitative estimate of drug-likeness (QED) is 0.0336. The number of hydrogen-bond acceptors (Lipinski definition) is 1. The molecule has 1 heterocycles. The summed E-state index contributed by atoms with van der Waals surface area (Å²) in [4.78, 5) is 2.42. The Kier molecular flexibility index (Phi) is 44.5. The van der Waals surface area contributed by atoms with E-state index in [0.717, 1.165) is 0 Å². The monoisotopic (exact) mass is 824 g/mol. The lowest BCUT2D eigenvalue weighted by Crippen LogP contribution is -2.32. The molecule has 0 bridgehead atoms. The average molecular weight is 824 g/mol. The molecule has 1 aliphatic rings. The highest BCUT2D eigenvalue weighted by Gasteiger charge is 2.19. The topological polar surface area (TPSA) is 3.24 Å². The van der Waals surface area contributed by atoms with Gasteiger partial charge in [-0.15, -0.1) is 0 Å². The number of nitrogens with zero attached hydrogens (tertiary/aromatic N) is 1. The van der Waals surface area contributed by atoms with Gasteiger partial charge in [0.05, 0.1) is 0 Å². The van der Waals surface area contributed by atoms with Crippen LogP contribution in [-0.2, 0) is 0 Å². The molecule has 0 saturated heterocycles. The van der Waals surface area contributed by atoms with Crippen LogP contribution in [0.4, 0.5) is 0 Å². The van der Waals surface area contributed by atoms with Gasteiger partial charge in [-0.3, -0.25) is 0 Å². The smallest absolute Gasteiger partial charge is 0.312 e. The van der Waals surface area contributed by atoms with E-state index in [9.17, 15) is 0 Å². The van der Waals surface area contributed by atoms with Crippen LogP contribution in [0.3, 0.4) is 0 Å². The fraction of sp³-hybridized carbons (Fsp3) is 0.724. The summed E-state index contributed by atoms with van der Waals surface area (Å²) in [5.41, 5.74) is 1.24. The predicted molar refractivity (Wildman–Crippen MR) is 277 cm³/mol. The molecule has 0 radical (unpaired) electrons. The van der Waals surface area contributed by atoms with Crippen molar-refractivity contribution in [1.82, 2.24) is 4.81 Å². The maximum atomic E-state index is 2.42. The van der Waals surface area contributed by atoms with E-state index < -0.39 is 0 Å². The Balaban J connectivity index is 2.46. The van der Waals surface area contributed by atoms with Gasteiger partial charge in [0.2, 0.25) is 0 Å². The number of unbranched alkanes of at least 4 members (excludes halogenated alkanes) is 36. The molecule has 1 nitrogen and oxygen atoms in total. The molecule has 2 heteroatoms. The molecule has 342 valence electrons. The summed E-state index contributed by atoms with van der Waals surface area (Å²) in [6, 6.07) is 0. The lowest BCUT2D eigenvalue weighted by atomic mass is 9.58. The first-order chi connectivity index (χ1) is 29.8. The molecule has 0 saturated carbocycles. The van der Waals surface area contributed by atoms with Gasteiger partial charge in [0.25, 0.3) is 0 Å². The maximum absolute atomic E-state index is 2.42. The van der Waals surface area contributed by atoms with Crippen molar-refractivity contribution >= 4 is 6.85 Å². The summed E-state index contributed by atoms with van der Waals surface area (Å²) >= 11 is 0. The standard InChI is InChI=1S/C58H102BN/c1-4-7-10-13-16-19-22-25-28-31-34-37-40-43-46-49-53-58-54-52-56-59(55-50-47-44-41-38-35-32-29-26-23-20-17-14-11-8-5-2)60(58)57-51-48-45-42-39-36-33-30-27-24-21-18-15-12-9-6-3/h43-57H,4-42H2,1-3H3/b46-43+,47-44+,48-45+,53-49+,55-50+,57-51+. The van der Waals surface area contributed by atoms with Gasteiger partial charge in [-0.1, -0.05) is 299 Å². The van der Waals surface area contributed by atoms with Crippen LogP contribution in [0.1, 0.15) is 271 Å². The van der Waals surface area contributed by atoms with Crippen LogP contribution >= 0.6 is 0 Å². The summed E-state index contributed by atoms with van der Waals surface area (Å²) in [6.07, 6.45) is 84.0. The first-order valence-corrected chi connectivity index (χ1v) is 27.0. The Morgan fingerprint density at radius 3 is 1.05 bits per heavy atom. The van der Waals surface area contributed by atoms with Crippen molar-refractivity contribution in [3.8, 4) is 0 Å². The molecule has 0 unspecified atom stereocenters. The maximum Gasteiger partial charge on any atom is 0.312 e. The lowest BCUT2D eigenvalue weighted by Gasteiger charge is -2.27. The Labute approximate surface area is 378 Å². The zero-order valence-corrected chi connectivity index (χ0v) is 40.8. The van der Waals surface area contributed by atoms with Crippen molar-refractivity contribution in [3.63, 3.8) is 0 Å². The Bertz CT molecular complexity index is 1120. The lowest BCUT2D eigenvalue weighted by molar-refractivity contribution is 0.545. The summed E-state index contributed by atoms with van der Waals surface area (Å²) in [7, 11) is 0. The van der Waals surface area contributed by atoms with Crippen molar-refractivity contribution in [1.29, 1.82) is 0 Å². The second-order valence-corrected chi connectivity index (χ2v) is 18.3. The van der Waals surface area contributed by atoms with Gasteiger partial charge in [0.15, 0.2) is 0 Å². The molecule has 0 aromatic heterocycles. The molecule has 0 aromatic rings. The average Bonchev–Trinajstić information content (AvgIpc) is 3.26. The van der Waals surface area contributed by atoms with Crippen molar-refractivity contribution in [2.45, 2.75) is 271 Å². The first kappa shape index (κ1) is 55.8. The van der Waals surface area contributed by atoms with E-state index in [4.69, 9.17) is 0 Å². The van der Waals surface area contributed by atoms with E-state index in [1.165, 1.54) is 256 Å². The van der Waals surface area contributed by atoms with Gasteiger partial charge >= 0.3 is 6.85 Å². The Hall–Kier alpha value is -2.22. The number of hydrogen-bond donors (Lipinski definition) is 0. The molecule has 0 aliphatic carbocycles. The van der Waals surface area contributed by atoms with E-state index in [-0.39, 0.29) is 6.85 Å². The Morgan fingerprint density at radius 2 is 0.683 bits per heavy atom. The summed E-state index contributed by atoms with van der Waals surface area (Å²) in [5, 5.41) is 0. The van der Waals surface area contributed by atoms with Gasteiger partial charge < -0.3 is 4.81 Å². The SMILES string of the molecule is CCCCCCCCCCCCCC/C=C/C=C/B1C=CC=C(/C=C/C=C/CCCCCCCCCCCCCC)N1/C=C/C=C/CCCCCCCCCCCCCC. The minimum absolute atomic E-state index is 0.219. The van der Waals surface area contributed by atoms with E-state index in [0.29, 0.717) is 0 Å². The van der Waals surface area contributed by atoms with Crippen molar-refractivity contribution < 1.29 is 0 Å². The fourth-order valence-electron chi connectivity index (χ4n) is 8.41. The van der Waals surface area contributed by atoms with Crippen molar-refractivity contribution in [2.75, 3.05) is 0 Å². The molecular formula is C58H102BN. The number of allylic oxidation sites excluding steroid dienone is 12. The van der Waals surface area contributed by atoms with Crippen LogP contribution in [0.25, 0.3) is 0 Å². The molecular weight excluding hydrogens is 721 g/mol. The highest BCUT2D eigenvalue weighted by atomic mass is 15.0. The van der Waals surface area contributed by atoms with E-state index in [1.54, 1.807) is 0 Å². The molecule has 1 rings (SSSR count). The van der Waals surface area contributed by atoms with E-state index in [1.807, 2.05) is 0 Å². The van der Waals surface area contributed by atoms with Gasteiger partial charge in [0, 0.05) is 5.70 Å². The van der Waals surface area contributed by atoms with Gasteiger partial charge in [-0.05, 0) is 63.0 Å². The van der Waals surface area contributed by atoms with Gasteiger partial charge in [0.1, 0.15) is 0 Å². The highest BCUT2D eigenvalue weighted by Crippen LogP contribution is 2.19. The minimum Gasteiger partial charge on any atom is -0.384 e. The largest absolute Gasteiger partial charge is 0.384 e. The molecule has 0 N–H and O–H groups in total. The van der Waals surface area contributed by atoms with Crippen LogP contribution in [0.15, 0.2) is 96.8 Å². The predicted octanol–water partition coefficient (Wildman–Crippen LogP) is 20.4. The highest BCUT2D eigenvalue weighted by molar-refractivity contribution is 6.67. The van der Waals surface area contributed by atoms with Gasteiger partial charge in [-0.2, -0.15) is 0 Å². The third-order valence-corrected chi connectivity index (χ3v) is 12.4. The van der Waals surface area contributed by atoms with Crippen LogP contribution < -0.4 is 0 Å². The second-order valence-electron chi connectivity index (χ2n) is 18.3. The third kappa shape index (κ3) is 38.7. The molecule has 0 aromatic carbocycles. The molecule has 0 amide bonds. The summed E-state index contributed by atoms with van der Waals surface area (Å²) < 4.78 is 0. The Morgan fingerprint density at radius 1 is 0.367 bits per heavy atom. The summed E-state index contributed by atoms with van der Waals surface area (Å²) in [5.74, 6) is 4.66. The van der Waals surface area contributed by atoms with Crippen LogP contribution in [0.5, 0.6) is 0 Å². The molecule has 1 aliphatic heterocycles. The normalized spacial score (nSPS) is 13.8. The third-order valence-electron chi connectivity index (χ3n) is 12.4. The van der Waals surface area contributed by atoms with E-state index in [2.05, 4.69) is 117 Å². The minimum atomic E-state index is 0.219.